The number of rotatable bonds is 5. The van der Waals surface area contributed by atoms with Crippen molar-refractivity contribution in [1.82, 2.24) is 9.80 Å². The predicted octanol–water partition coefficient (Wildman–Crippen LogP) is 5.73. The van der Waals surface area contributed by atoms with Crippen LogP contribution < -0.4 is 4.74 Å². The molecule has 4 rings (SSSR count). The molecule has 1 saturated carbocycles. The average molecular weight is 477 g/mol. The van der Waals surface area contributed by atoms with E-state index in [0.717, 1.165) is 38.6 Å². The third kappa shape index (κ3) is 7.09. The topological polar surface area (TPSA) is 49.9 Å². The van der Waals surface area contributed by atoms with Crippen molar-refractivity contribution in [1.29, 1.82) is 0 Å². The summed E-state index contributed by atoms with van der Waals surface area (Å²) in [6.07, 6.45) is 10.4. The highest BCUT2D eigenvalue weighted by Gasteiger charge is 2.27. The van der Waals surface area contributed by atoms with E-state index in [1.807, 2.05) is 49.5 Å². The van der Waals surface area contributed by atoms with Crippen molar-refractivity contribution in [3.05, 3.63) is 65.7 Å². The Morgan fingerprint density at radius 2 is 1.63 bits per heavy atom. The lowest BCUT2D eigenvalue weighted by Gasteiger charge is -2.33. The van der Waals surface area contributed by atoms with Gasteiger partial charge in [-0.15, -0.1) is 0 Å². The van der Waals surface area contributed by atoms with Crippen LogP contribution in [-0.2, 0) is 11.2 Å². The molecule has 2 aliphatic rings. The molecule has 0 bridgehead atoms. The lowest BCUT2D eigenvalue weighted by atomic mass is 10.00. The number of hydrogen-bond acceptors (Lipinski definition) is 3. The van der Waals surface area contributed by atoms with Gasteiger partial charge in [-0.25, -0.2) is 0 Å². The minimum absolute atomic E-state index is 0.0102. The lowest BCUT2D eigenvalue weighted by Crippen LogP contribution is -2.45. The van der Waals surface area contributed by atoms with Gasteiger partial charge in [-0.05, 0) is 55.7 Å². The zero-order chi connectivity index (χ0) is 24.5. The Morgan fingerprint density at radius 1 is 0.914 bits per heavy atom. The van der Waals surface area contributed by atoms with Crippen molar-refractivity contribution in [2.45, 2.75) is 70.3 Å². The summed E-state index contributed by atoms with van der Waals surface area (Å²) in [5, 5.41) is 0. The predicted molar refractivity (Wildman–Crippen MR) is 140 cm³/mol. The van der Waals surface area contributed by atoms with Crippen molar-refractivity contribution in [2.75, 3.05) is 26.7 Å². The number of amides is 2. The van der Waals surface area contributed by atoms with Crippen LogP contribution in [0.15, 0.2) is 54.6 Å². The van der Waals surface area contributed by atoms with Gasteiger partial charge in [-0.1, -0.05) is 68.1 Å². The number of carbonyl (C=O) groups excluding carboxylic acids is 2. The number of carbonyl (C=O) groups is 2. The molecule has 0 N–H and O–H groups in total. The smallest absolute Gasteiger partial charge is 0.257 e. The quantitative estimate of drug-likeness (QED) is 0.554. The van der Waals surface area contributed by atoms with Crippen molar-refractivity contribution in [2.24, 2.45) is 5.92 Å². The summed E-state index contributed by atoms with van der Waals surface area (Å²) in [5.41, 5.74) is 1.79. The summed E-state index contributed by atoms with van der Waals surface area (Å²) in [5.74, 6) is 1.54. The van der Waals surface area contributed by atoms with E-state index in [0.29, 0.717) is 36.8 Å². The van der Waals surface area contributed by atoms with Gasteiger partial charge in [-0.3, -0.25) is 9.59 Å². The molecular formula is C30H40N2O3. The maximum Gasteiger partial charge on any atom is 0.257 e. The molecule has 2 aromatic carbocycles. The Hall–Kier alpha value is -2.82. The summed E-state index contributed by atoms with van der Waals surface area (Å²) in [7, 11) is 1.86. The van der Waals surface area contributed by atoms with E-state index in [9.17, 15) is 9.59 Å². The third-order valence-corrected chi connectivity index (χ3v) is 7.60. The molecule has 2 aromatic rings. The maximum atomic E-state index is 13.6. The van der Waals surface area contributed by atoms with Crippen LogP contribution in [0.3, 0.4) is 0 Å². The summed E-state index contributed by atoms with van der Waals surface area (Å²) < 4.78 is 6.32. The minimum Gasteiger partial charge on any atom is -0.491 e. The minimum atomic E-state index is -0.0740. The second kappa shape index (κ2) is 12.8. The van der Waals surface area contributed by atoms with Gasteiger partial charge in [-0.2, -0.15) is 0 Å². The van der Waals surface area contributed by atoms with Gasteiger partial charge in [0.15, 0.2) is 0 Å². The third-order valence-electron chi connectivity index (χ3n) is 7.60. The standard InChI is InChI=1S/C30H40N2O3/c1-31-20-10-3-11-21-32(29(33)19-18-24-12-6-7-13-24)26(22-25-14-4-2-5-15-25)23-35-28-17-9-8-16-27(28)30(31)34/h2,4-5,8-9,14-17,24,26H,3,6-7,10-13,18-23H2,1H3/t26-/m0/s1. The van der Waals surface area contributed by atoms with Crippen LogP contribution in [0.4, 0.5) is 0 Å². The van der Waals surface area contributed by atoms with Crippen LogP contribution in [0.1, 0.15) is 73.7 Å². The molecule has 5 heteroatoms. The van der Waals surface area contributed by atoms with E-state index in [1.54, 1.807) is 4.90 Å². The molecule has 0 spiro atoms. The van der Waals surface area contributed by atoms with Gasteiger partial charge >= 0.3 is 0 Å². The fraction of sp³-hybridized carbons (Fsp3) is 0.533. The molecule has 188 valence electrons. The number of fused-ring (bicyclic) bond motifs is 1. The molecule has 0 saturated heterocycles. The summed E-state index contributed by atoms with van der Waals surface area (Å²) in [4.78, 5) is 30.5. The van der Waals surface area contributed by atoms with Crippen molar-refractivity contribution >= 4 is 11.8 Å². The molecule has 1 aliphatic carbocycles. The van der Waals surface area contributed by atoms with Gasteiger partial charge in [0.25, 0.3) is 5.91 Å². The normalized spacial score (nSPS) is 20.4. The summed E-state index contributed by atoms with van der Waals surface area (Å²) in [6.45, 7) is 1.82. The molecule has 0 aromatic heterocycles. The lowest BCUT2D eigenvalue weighted by molar-refractivity contribution is -0.134. The highest BCUT2D eigenvalue weighted by molar-refractivity contribution is 5.96. The van der Waals surface area contributed by atoms with E-state index in [1.165, 1.54) is 31.2 Å². The number of ether oxygens (including phenoxy) is 1. The van der Waals surface area contributed by atoms with Crippen LogP contribution in [0.25, 0.3) is 0 Å². The first-order valence-electron chi connectivity index (χ1n) is 13.4. The Balaban J connectivity index is 1.57. The van der Waals surface area contributed by atoms with Crippen LogP contribution in [0.2, 0.25) is 0 Å². The molecule has 1 aliphatic heterocycles. The molecule has 1 heterocycles. The fourth-order valence-electron chi connectivity index (χ4n) is 5.50. The van der Waals surface area contributed by atoms with Crippen LogP contribution in [0, 0.1) is 5.92 Å². The maximum absolute atomic E-state index is 13.6. The highest BCUT2D eigenvalue weighted by Crippen LogP contribution is 2.29. The molecule has 2 amide bonds. The second-order valence-electron chi connectivity index (χ2n) is 10.2. The Morgan fingerprint density at radius 3 is 2.43 bits per heavy atom. The second-order valence-corrected chi connectivity index (χ2v) is 10.2. The van der Waals surface area contributed by atoms with E-state index < -0.39 is 0 Å². The molecule has 5 nitrogen and oxygen atoms in total. The van der Waals surface area contributed by atoms with Gasteiger partial charge in [0.1, 0.15) is 12.4 Å². The molecule has 0 radical (unpaired) electrons. The van der Waals surface area contributed by atoms with E-state index in [2.05, 4.69) is 17.0 Å². The van der Waals surface area contributed by atoms with Crippen molar-refractivity contribution < 1.29 is 14.3 Å². The zero-order valence-corrected chi connectivity index (χ0v) is 21.2. The number of nitrogens with zero attached hydrogens (tertiary/aromatic N) is 2. The molecular weight excluding hydrogens is 436 g/mol. The molecule has 1 fully saturated rings. The number of hydrogen-bond donors (Lipinski definition) is 0. The van der Waals surface area contributed by atoms with E-state index in [4.69, 9.17) is 4.74 Å². The first-order valence-corrected chi connectivity index (χ1v) is 13.4. The highest BCUT2D eigenvalue weighted by atomic mass is 16.5. The van der Waals surface area contributed by atoms with Crippen molar-refractivity contribution in [3.8, 4) is 5.75 Å². The van der Waals surface area contributed by atoms with Gasteiger partial charge in [0, 0.05) is 26.6 Å². The van der Waals surface area contributed by atoms with E-state index >= 15 is 0 Å². The summed E-state index contributed by atoms with van der Waals surface area (Å²) >= 11 is 0. The van der Waals surface area contributed by atoms with Gasteiger partial charge < -0.3 is 14.5 Å². The average Bonchev–Trinajstić information content (AvgIpc) is 3.41. The number of para-hydroxylation sites is 1. The molecule has 0 unspecified atom stereocenters. The largest absolute Gasteiger partial charge is 0.491 e. The molecule has 1 atom stereocenters. The molecule has 35 heavy (non-hydrogen) atoms. The monoisotopic (exact) mass is 476 g/mol. The zero-order valence-electron chi connectivity index (χ0n) is 21.2. The van der Waals surface area contributed by atoms with Crippen molar-refractivity contribution in [3.63, 3.8) is 0 Å². The van der Waals surface area contributed by atoms with Crippen LogP contribution >= 0.6 is 0 Å². The Bertz CT molecular complexity index is 955. The summed E-state index contributed by atoms with van der Waals surface area (Å²) in [6, 6.07) is 17.8. The first kappa shape index (κ1) is 25.3. The van der Waals surface area contributed by atoms with E-state index in [-0.39, 0.29) is 17.9 Å². The fourth-order valence-corrected chi connectivity index (χ4v) is 5.50. The Labute approximate surface area is 210 Å². The van der Waals surface area contributed by atoms with Gasteiger partial charge in [0.2, 0.25) is 5.91 Å². The van der Waals surface area contributed by atoms with Crippen LogP contribution in [-0.4, -0.2) is 54.4 Å². The SMILES string of the molecule is CN1CCCCCN(C(=O)CCC2CCCC2)[C@@H](Cc2ccccc2)COc2ccccc2C1=O. The van der Waals surface area contributed by atoms with Crippen LogP contribution in [0.5, 0.6) is 5.75 Å². The van der Waals surface area contributed by atoms with Gasteiger partial charge in [0.05, 0.1) is 11.6 Å². The number of benzene rings is 2. The first-order chi connectivity index (χ1) is 17.1. The Kier molecular flexibility index (Phi) is 9.21.